The molecule has 0 saturated carbocycles. The maximum Gasteiger partial charge on any atom is 0.261 e. The number of rotatable bonds is 8. The Morgan fingerprint density at radius 3 is 2.50 bits per heavy atom. The molecule has 0 spiro atoms. The highest BCUT2D eigenvalue weighted by molar-refractivity contribution is 7.92. The second kappa shape index (κ2) is 8.75. The predicted octanol–water partition coefficient (Wildman–Crippen LogP) is 3.85. The summed E-state index contributed by atoms with van der Waals surface area (Å²) < 4.78 is 32.6. The SMILES string of the molecule is COc1cccc(CCNc2ccc(NS(=O)(=O)c3ccc(C)cc3)cn2)c1. The van der Waals surface area contributed by atoms with Gasteiger partial charge in [0.05, 0.1) is 23.9 Å². The summed E-state index contributed by atoms with van der Waals surface area (Å²) in [5, 5.41) is 3.23. The van der Waals surface area contributed by atoms with Crippen LogP contribution in [0.25, 0.3) is 0 Å². The molecule has 3 aromatic rings. The van der Waals surface area contributed by atoms with Gasteiger partial charge in [-0.05, 0) is 55.3 Å². The van der Waals surface area contributed by atoms with Crippen molar-refractivity contribution in [3.05, 3.63) is 78.0 Å². The molecule has 0 radical (unpaired) electrons. The molecule has 0 saturated heterocycles. The first-order chi connectivity index (χ1) is 13.5. The molecule has 0 bridgehead atoms. The van der Waals surface area contributed by atoms with Crippen molar-refractivity contribution < 1.29 is 13.2 Å². The van der Waals surface area contributed by atoms with Gasteiger partial charge in [-0.25, -0.2) is 13.4 Å². The molecule has 146 valence electrons. The summed E-state index contributed by atoms with van der Waals surface area (Å²) in [7, 11) is -1.98. The van der Waals surface area contributed by atoms with E-state index in [0.717, 1.165) is 23.3 Å². The lowest BCUT2D eigenvalue weighted by molar-refractivity contribution is 0.414. The van der Waals surface area contributed by atoms with Crippen LogP contribution in [-0.2, 0) is 16.4 Å². The van der Waals surface area contributed by atoms with E-state index in [4.69, 9.17) is 4.74 Å². The van der Waals surface area contributed by atoms with Crippen LogP contribution < -0.4 is 14.8 Å². The van der Waals surface area contributed by atoms with Crippen molar-refractivity contribution in [2.75, 3.05) is 23.7 Å². The minimum Gasteiger partial charge on any atom is -0.497 e. The Morgan fingerprint density at radius 2 is 1.82 bits per heavy atom. The number of sulfonamides is 1. The average Bonchev–Trinajstić information content (AvgIpc) is 2.69. The van der Waals surface area contributed by atoms with Gasteiger partial charge < -0.3 is 10.1 Å². The molecule has 0 aliphatic heterocycles. The minimum atomic E-state index is -3.62. The molecule has 0 aliphatic carbocycles. The summed E-state index contributed by atoms with van der Waals surface area (Å²) in [6.07, 6.45) is 2.32. The Morgan fingerprint density at radius 1 is 1.04 bits per heavy atom. The summed E-state index contributed by atoms with van der Waals surface area (Å²) in [4.78, 5) is 4.49. The number of methoxy groups -OCH3 is 1. The van der Waals surface area contributed by atoms with Crippen molar-refractivity contribution in [1.82, 2.24) is 4.98 Å². The van der Waals surface area contributed by atoms with Crippen molar-refractivity contribution in [1.29, 1.82) is 0 Å². The van der Waals surface area contributed by atoms with Crippen molar-refractivity contribution >= 4 is 21.5 Å². The number of hydrogen-bond acceptors (Lipinski definition) is 5. The number of nitrogens with one attached hydrogen (secondary N) is 2. The standard InChI is InChI=1S/C21H23N3O3S/c1-16-6-9-20(10-7-16)28(25,26)24-18-8-11-21(23-15-18)22-13-12-17-4-3-5-19(14-17)27-2/h3-11,14-15,24H,12-13H2,1-2H3,(H,22,23). The van der Waals surface area contributed by atoms with Gasteiger partial charge >= 0.3 is 0 Å². The van der Waals surface area contributed by atoms with Crippen LogP contribution in [0.4, 0.5) is 11.5 Å². The summed E-state index contributed by atoms with van der Waals surface area (Å²) in [6.45, 7) is 2.61. The van der Waals surface area contributed by atoms with Crippen LogP contribution in [0.5, 0.6) is 5.75 Å². The molecule has 2 aromatic carbocycles. The fraction of sp³-hybridized carbons (Fsp3) is 0.190. The molecule has 0 amide bonds. The number of nitrogens with zero attached hydrogens (tertiary/aromatic N) is 1. The number of hydrogen-bond donors (Lipinski definition) is 2. The number of aryl methyl sites for hydroxylation is 1. The lowest BCUT2D eigenvalue weighted by atomic mass is 10.1. The van der Waals surface area contributed by atoms with Crippen molar-refractivity contribution in [2.45, 2.75) is 18.2 Å². The van der Waals surface area contributed by atoms with Crippen LogP contribution in [0.15, 0.2) is 71.8 Å². The van der Waals surface area contributed by atoms with Crippen molar-refractivity contribution in [2.24, 2.45) is 0 Å². The van der Waals surface area contributed by atoms with Gasteiger partial charge in [0.2, 0.25) is 0 Å². The zero-order valence-corrected chi connectivity index (χ0v) is 16.7. The summed E-state index contributed by atoms with van der Waals surface area (Å²) in [5.74, 6) is 1.52. The Labute approximate surface area is 165 Å². The van der Waals surface area contributed by atoms with E-state index in [1.807, 2.05) is 31.2 Å². The summed E-state index contributed by atoms with van der Waals surface area (Å²) in [6, 6.07) is 18.0. The van der Waals surface area contributed by atoms with Gasteiger partial charge in [0.1, 0.15) is 11.6 Å². The normalized spacial score (nSPS) is 11.1. The predicted molar refractivity (Wildman–Crippen MR) is 111 cm³/mol. The van der Waals surface area contributed by atoms with E-state index in [2.05, 4.69) is 15.0 Å². The third-order valence-corrected chi connectivity index (χ3v) is 5.60. The third-order valence-electron chi connectivity index (χ3n) is 4.20. The smallest absolute Gasteiger partial charge is 0.261 e. The Bertz CT molecular complexity index is 1020. The van der Waals surface area contributed by atoms with Gasteiger partial charge in [-0.3, -0.25) is 4.72 Å². The van der Waals surface area contributed by atoms with Crippen LogP contribution in [0.1, 0.15) is 11.1 Å². The molecular weight excluding hydrogens is 374 g/mol. The molecule has 2 N–H and O–H groups in total. The van der Waals surface area contributed by atoms with E-state index in [9.17, 15) is 8.42 Å². The zero-order chi connectivity index (χ0) is 20.0. The number of anilines is 2. The van der Waals surface area contributed by atoms with Crippen LogP contribution >= 0.6 is 0 Å². The first-order valence-corrected chi connectivity index (χ1v) is 10.4. The molecule has 1 aromatic heterocycles. The van der Waals surface area contributed by atoms with Gasteiger partial charge in [0.25, 0.3) is 10.0 Å². The third kappa shape index (κ3) is 5.23. The highest BCUT2D eigenvalue weighted by atomic mass is 32.2. The van der Waals surface area contributed by atoms with Gasteiger partial charge in [-0.1, -0.05) is 29.8 Å². The van der Waals surface area contributed by atoms with E-state index in [1.165, 1.54) is 6.20 Å². The largest absolute Gasteiger partial charge is 0.497 e. The van der Waals surface area contributed by atoms with Gasteiger partial charge in [0.15, 0.2) is 0 Å². The van der Waals surface area contributed by atoms with Gasteiger partial charge in [0, 0.05) is 6.54 Å². The van der Waals surface area contributed by atoms with E-state index in [0.29, 0.717) is 18.1 Å². The highest BCUT2D eigenvalue weighted by Gasteiger charge is 2.13. The van der Waals surface area contributed by atoms with Crippen LogP contribution in [0, 0.1) is 6.92 Å². The van der Waals surface area contributed by atoms with E-state index < -0.39 is 10.0 Å². The lowest BCUT2D eigenvalue weighted by Gasteiger charge is -2.10. The Kier molecular flexibility index (Phi) is 6.16. The molecule has 0 unspecified atom stereocenters. The second-order valence-corrected chi connectivity index (χ2v) is 8.06. The lowest BCUT2D eigenvalue weighted by Crippen LogP contribution is -2.13. The molecule has 0 atom stereocenters. The molecule has 1 heterocycles. The van der Waals surface area contributed by atoms with Crippen molar-refractivity contribution in [3.63, 3.8) is 0 Å². The number of pyridine rings is 1. The molecule has 3 rings (SSSR count). The molecular formula is C21H23N3O3S. The van der Waals surface area contributed by atoms with Crippen LogP contribution in [-0.4, -0.2) is 27.1 Å². The van der Waals surface area contributed by atoms with Gasteiger partial charge in [-0.2, -0.15) is 0 Å². The summed E-state index contributed by atoms with van der Waals surface area (Å²) in [5.41, 5.74) is 2.58. The fourth-order valence-corrected chi connectivity index (χ4v) is 3.70. The summed E-state index contributed by atoms with van der Waals surface area (Å²) >= 11 is 0. The highest BCUT2D eigenvalue weighted by Crippen LogP contribution is 2.17. The van der Waals surface area contributed by atoms with Crippen LogP contribution in [0.3, 0.4) is 0 Å². The Balaban J connectivity index is 1.56. The topological polar surface area (TPSA) is 80.3 Å². The minimum absolute atomic E-state index is 0.221. The van der Waals surface area contributed by atoms with E-state index in [-0.39, 0.29) is 4.90 Å². The molecule has 7 heteroatoms. The molecule has 0 fully saturated rings. The number of ether oxygens (including phenoxy) is 1. The van der Waals surface area contributed by atoms with E-state index >= 15 is 0 Å². The quantitative estimate of drug-likeness (QED) is 0.603. The maximum atomic E-state index is 12.4. The first kappa shape index (κ1) is 19.7. The van der Waals surface area contributed by atoms with Crippen molar-refractivity contribution in [3.8, 4) is 5.75 Å². The molecule has 0 aliphatic rings. The van der Waals surface area contributed by atoms with Gasteiger partial charge in [-0.15, -0.1) is 0 Å². The maximum absolute atomic E-state index is 12.4. The van der Waals surface area contributed by atoms with E-state index in [1.54, 1.807) is 43.5 Å². The monoisotopic (exact) mass is 397 g/mol. The number of aromatic nitrogens is 1. The zero-order valence-electron chi connectivity index (χ0n) is 15.8. The number of benzene rings is 2. The average molecular weight is 398 g/mol. The molecule has 6 nitrogen and oxygen atoms in total. The molecule has 28 heavy (non-hydrogen) atoms. The van der Waals surface area contributed by atoms with Crippen LogP contribution in [0.2, 0.25) is 0 Å². The second-order valence-electron chi connectivity index (χ2n) is 6.38. The first-order valence-electron chi connectivity index (χ1n) is 8.88. The Hall–Kier alpha value is -3.06. The fourth-order valence-electron chi connectivity index (χ4n) is 2.65.